The van der Waals surface area contributed by atoms with Crippen molar-refractivity contribution in [2.45, 2.75) is 32.6 Å². The highest BCUT2D eigenvalue weighted by Gasteiger charge is 2.29. The van der Waals surface area contributed by atoms with Crippen molar-refractivity contribution in [2.24, 2.45) is 5.92 Å². The summed E-state index contributed by atoms with van der Waals surface area (Å²) in [5.41, 5.74) is 2.90. The summed E-state index contributed by atoms with van der Waals surface area (Å²) in [4.78, 5) is 0. The van der Waals surface area contributed by atoms with Crippen molar-refractivity contribution in [3.63, 3.8) is 0 Å². The molecule has 0 saturated heterocycles. The van der Waals surface area contributed by atoms with E-state index in [2.05, 4.69) is 19.6 Å². The Morgan fingerprint density at radius 2 is 1.89 bits per heavy atom. The van der Waals surface area contributed by atoms with E-state index in [0.29, 0.717) is 10.6 Å². The van der Waals surface area contributed by atoms with Gasteiger partial charge in [0, 0.05) is 16.5 Å². The summed E-state index contributed by atoms with van der Waals surface area (Å²) in [6, 6.07) is 2.95. The molecular weight excluding hydrogens is 260 g/mol. The van der Waals surface area contributed by atoms with E-state index < -0.39 is 0 Å². The van der Waals surface area contributed by atoms with Gasteiger partial charge < -0.3 is 10.2 Å². The molecule has 3 heteroatoms. The molecule has 19 heavy (non-hydrogen) atoms. The van der Waals surface area contributed by atoms with Gasteiger partial charge in [-0.1, -0.05) is 35.4 Å². The van der Waals surface area contributed by atoms with Crippen molar-refractivity contribution in [2.75, 3.05) is 0 Å². The molecule has 0 saturated carbocycles. The number of hydrogen-bond acceptors (Lipinski definition) is 2. The normalized spacial score (nSPS) is 23.0. The van der Waals surface area contributed by atoms with E-state index in [-0.39, 0.29) is 23.3 Å². The van der Waals surface area contributed by atoms with E-state index in [4.69, 9.17) is 11.6 Å². The zero-order valence-corrected chi connectivity index (χ0v) is 12.0. The third kappa shape index (κ3) is 2.79. The Kier molecular flexibility index (Phi) is 3.91. The minimum atomic E-state index is -0.0384. The lowest BCUT2D eigenvalue weighted by Crippen LogP contribution is -2.17. The summed E-state index contributed by atoms with van der Waals surface area (Å²) < 4.78 is 0. The van der Waals surface area contributed by atoms with Crippen molar-refractivity contribution in [3.8, 4) is 11.5 Å². The molecule has 0 spiro atoms. The molecule has 102 valence electrons. The van der Waals surface area contributed by atoms with Gasteiger partial charge in [-0.3, -0.25) is 0 Å². The maximum atomic E-state index is 10.1. The molecule has 0 heterocycles. The summed E-state index contributed by atoms with van der Waals surface area (Å²) in [6.45, 7) is 8.11. The molecule has 0 fully saturated rings. The number of phenols is 2. The first kappa shape index (κ1) is 14.0. The molecule has 0 radical (unpaired) electrons. The monoisotopic (exact) mass is 278 g/mol. The van der Waals surface area contributed by atoms with Crippen LogP contribution >= 0.6 is 11.6 Å². The van der Waals surface area contributed by atoms with Crippen LogP contribution in [0.25, 0.3) is 0 Å². The van der Waals surface area contributed by atoms with Gasteiger partial charge in [-0.15, -0.1) is 0 Å². The molecule has 0 amide bonds. The molecule has 1 aliphatic carbocycles. The lowest BCUT2D eigenvalue weighted by Gasteiger charge is -2.31. The van der Waals surface area contributed by atoms with Crippen LogP contribution in [0.2, 0.25) is 5.02 Å². The van der Waals surface area contributed by atoms with Crippen LogP contribution in [0.1, 0.15) is 38.2 Å². The van der Waals surface area contributed by atoms with E-state index >= 15 is 0 Å². The average molecular weight is 279 g/mol. The predicted octanol–water partition coefficient (Wildman–Crippen LogP) is 4.77. The van der Waals surface area contributed by atoms with E-state index in [1.54, 1.807) is 0 Å². The third-order valence-corrected chi connectivity index (χ3v) is 4.03. The first-order valence-electron chi connectivity index (χ1n) is 6.44. The number of halogens is 1. The molecular formula is C16H19ClO2. The van der Waals surface area contributed by atoms with Crippen LogP contribution in [0.4, 0.5) is 0 Å². The maximum Gasteiger partial charge on any atom is 0.124 e. The summed E-state index contributed by atoms with van der Waals surface area (Å²) >= 11 is 5.84. The van der Waals surface area contributed by atoms with Gasteiger partial charge in [0.25, 0.3) is 0 Å². The molecule has 0 aliphatic heterocycles. The minimum Gasteiger partial charge on any atom is -0.507 e. The topological polar surface area (TPSA) is 40.5 Å². The SMILES string of the molecule is C=C(C)[C@@H]1CCC(C)=C[C@@H]1c1c(O)cc(Cl)cc1O. The predicted molar refractivity (Wildman–Crippen MR) is 78.8 cm³/mol. The van der Waals surface area contributed by atoms with Crippen LogP contribution in [0.15, 0.2) is 35.9 Å². The highest BCUT2D eigenvalue weighted by Crippen LogP contribution is 2.46. The van der Waals surface area contributed by atoms with Crippen LogP contribution in [0.5, 0.6) is 11.5 Å². The van der Waals surface area contributed by atoms with Crippen molar-refractivity contribution in [1.29, 1.82) is 0 Å². The van der Waals surface area contributed by atoms with Gasteiger partial charge in [-0.25, -0.2) is 0 Å². The standard InChI is InChI=1S/C16H19ClO2/c1-9(2)12-5-4-10(3)6-13(12)16-14(18)7-11(17)8-15(16)19/h6-8,12-13,18-19H,1,4-5H2,2-3H3/t12-,13-/m0/s1. The minimum absolute atomic E-state index is 0.0384. The fourth-order valence-corrected chi connectivity index (χ4v) is 3.04. The van der Waals surface area contributed by atoms with Crippen LogP contribution in [-0.4, -0.2) is 10.2 Å². The van der Waals surface area contributed by atoms with Crippen molar-refractivity contribution in [1.82, 2.24) is 0 Å². The fourth-order valence-electron chi connectivity index (χ4n) is 2.84. The Morgan fingerprint density at radius 1 is 1.32 bits per heavy atom. The molecule has 1 aliphatic rings. The Hall–Kier alpha value is -1.41. The molecule has 1 aromatic rings. The number of phenolic OH excluding ortho intramolecular Hbond substituents is 2. The zero-order chi connectivity index (χ0) is 14.2. The lowest BCUT2D eigenvalue weighted by molar-refractivity contribution is 0.407. The van der Waals surface area contributed by atoms with Gasteiger partial charge in [0.05, 0.1) is 0 Å². The smallest absolute Gasteiger partial charge is 0.124 e. The van der Waals surface area contributed by atoms with Crippen molar-refractivity contribution in [3.05, 3.63) is 46.5 Å². The van der Waals surface area contributed by atoms with E-state index in [9.17, 15) is 10.2 Å². The van der Waals surface area contributed by atoms with Gasteiger partial charge in [-0.05, 0) is 44.7 Å². The number of hydrogen-bond donors (Lipinski definition) is 2. The molecule has 0 aromatic heterocycles. The van der Waals surface area contributed by atoms with Crippen molar-refractivity contribution < 1.29 is 10.2 Å². The van der Waals surface area contributed by atoms with Crippen LogP contribution in [0.3, 0.4) is 0 Å². The Balaban J connectivity index is 2.54. The number of aromatic hydroxyl groups is 2. The molecule has 0 unspecified atom stereocenters. The summed E-state index contributed by atoms with van der Waals surface area (Å²) in [5.74, 6) is 0.296. The first-order chi connectivity index (χ1) is 8.90. The van der Waals surface area contributed by atoms with Crippen LogP contribution in [0, 0.1) is 5.92 Å². The second-order valence-corrected chi connectivity index (χ2v) is 5.82. The van der Waals surface area contributed by atoms with Crippen LogP contribution < -0.4 is 0 Å². The van der Waals surface area contributed by atoms with E-state index in [0.717, 1.165) is 18.4 Å². The Bertz CT molecular complexity index is 523. The lowest BCUT2D eigenvalue weighted by atomic mass is 9.74. The molecule has 2 rings (SSSR count). The second kappa shape index (κ2) is 5.30. The van der Waals surface area contributed by atoms with Crippen molar-refractivity contribution >= 4 is 11.6 Å². The molecule has 2 nitrogen and oxygen atoms in total. The van der Waals surface area contributed by atoms with E-state index in [1.807, 2.05) is 6.92 Å². The van der Waals surface area contributed by atoms with Gasteiger partial charge >= 0.3 is 0 Å². The first-order valence-corrected chi connectivity index (χ1v) is 6.82. The van der Waals surface area contributed by atoms with Gasteiger partial charge in [0.1, 0.15) is 11.5 Å². The number of benzene rings is 1. The molecule has 2 N–H and O–H groups in total. The van der Waals surface area contributed by atoms with Gasteiger partial charge in [-0.2, -0.15) is 0 Å². The largest absolute Gasteiger partial charge is 0.507 e. The third-order valence-electron chi connectivity index (χ3n) is 3.81. The summed E-state index contributed by atoms with van der Waals surface area (Å²) in [5, 5.41) is 20.5. The maximum absolute atomic E-state index is 10.1. The fraction of sp³-hybridized carbons (Fsp3) is 0.375. The highest BCUT2D eigenvalue weighted by atomic mass is 35.5. The van der Waals surface area contributed by atoms with E-state index in [1.165, 1.54) is 17.7 Å². The Morgan fingerprint density at radius 3 is 2.42 bits per heavy atom. The molecule has 1 aromatic carbocycles. The summed E-state index contributed by atoms with van der Waals surface area (Å²) in [6.07, 6.45) is 4.14. The number of allylic oxidation sites excluding steroid dienone is 3. The second-order valence-electron chi connectivity index (χ2n) is 5.39. The summed E-state index contributed by atoms with van der Waals surface area (Å²) in [7, 11) is 0. The quantitative estimate of drug-likeness (QED) is 0.765. The van der Waals surface area contributed by atoms with Crippen LogP contribution in [-0.2, 0) is 0 Å². The molecule has 0 bridgehead atoms. The Labute approximate surface area is 119 Å². The van der Waals surface area contributed by atoms with Gasteiger partial charge in [0.2, 0.25) is 0 Å². The number of rotatable bonds is 2. The average Bonchev–Trinajstić information content (AvgIpc) is 2.27. The zero-order valence-electron chi connectivity index (χ0n) is 11.3. The van der Waals surface area contributed by atoms with Gasteiger partial charge in [0.15, 0.2) is 0 Å². The molecule has 2 atom stereocenters. The highest BCUT2D eigenvalue weighted by molar-refractivity contribution is 6.30.